The molecule has 0 fully saturated rings. The standard InChI is InChI=1S/C13H14N2O4/c1-14-11(16)7-15-10-4-2-9(13(18)19)6-8(10)3-5-12(15)17/h2,4,6H,3,5,7H2,1H3,(H,14,16)(H,18,19). The fourth-order valence-electron chi connectivity index (χ4n) is 2.09. The normalized spacial score (nSPS) is 13.9. The molecule has 1 aromatic rings. The van der Waals surface area contributed by atoms with Gasteiger partial charge in [-0.3, -0.25) is 9.59 Å². The van der Waals surface area contributed by atoms with Gasteiger partial charge in [0.05, 0.1) is 5.56 Å². The van der Waals surface area contributed by atoms with Crippen LogP contribution >= 0.6 is 0 Å². The highest BCUT2D eigenvalue weighted by atomic mass is 16.4. The van der Waals surface area contributed by atoms with E-state index in [2.05, 4.69) is 5.32 Å². The molecule has 0 radical (unpaired) electrons. The molecule has 0 bridgehead atoms. The summed E-state index contributed by atoms with van der Waals surface area (Å²) in [7, 11) is 1.51. The Bertz CT molecular complexity index is 554. The fraction of sp³-hybridized carbons (Fsp3) is 0.308. The molecule has 1 aromatic carbocycles. The number of nitrogens with zero attached hydrogens (tertiary/aromatic N) is 1. The third kappa shape index (κ3) is 2.57. The van der Waals surface area contributed by atoms with E-state index in [4.69, 9.17) is 5.11 Å². The van der Waals surface area contributed by atoms with E-state index in [-0.39, 0.29) is 30.3 Å². The second-order valence-electron chi connectivity index (χ2n) is 4.30. The van der Waals surface area contributed by atoms with Crippen molar-refractivity contribution < 1.29 is 19.5 Å². The van der Waals surface area contributed by atoms with Gasteiger partial charge in [0.2, 0.25) is 11.8 Å². The van der Waals surface area contributed by atoms with E-state index in [9.17, 15) is 14.4 Å². The Kier molecular flexibility index (Phi) is 3.50. The van der Waals surface area contributed by atoms with Gasteiger partial charge < -0.3 is 15.3 Å². The first-order valence-corrected chi connectivity index (χ1v) is 5.90. The average Bonchev–Trinajstić information content (AvgIpc) is 2.41. The molecule has 6 nitrogen and oxygen atoms in total. The lowest BCUT2D eigenvalue weighted by molar-refractivity contribution is -0.123. The Morgan fingerprint density at radius 1 is 1.37 bits per heavy atom. The molecule has 2 rings (SSSR count). The van der Waals surface area contributed by atoms with Gasteiger partial charge in [-0.1, -0.05) is 0 Å². The number of carboxylic acid groups (broad SMARTS) is 1. The number of carboxylic acids is 1. The largest absolute Gasteiger partial charge is 0.478 e. The SMILES string of the molecule is CNC(=O)CN1C(=O)CCc2cc(C(=O)O)ccc21. The number of anilines is 1. The van der Waals surface area contributed by atoms with E-state index < -0.39 is 5.97 Å². The van der Waals surface area contributed by atoms with Crippen molar-refractivity contribution in [1.29, 1.82) is 0 Å². The van der Waals surface area contributed by atoms with Crippen LogP contribution in [0.15, 0.2) is 18.2 Å². The predicted octanol–water partition coefficient (Wildman–Crippen LogP) is 0.410. The molecule has 19 heavy (non-hydrogen) atoms. The second-order valence-corrected chi connectivity index (χ2v) is 4.30. The number of rotatable bonds is 3. The van der Waals surface area contributed by atoms with Gasteiger partial charge in [0.25, 0.3) is 0 Å². The molecule has 1 heterocycles. The van der Waals surface area contributed by atoms with Gasteiger partial charge in [-0.05, 0) is 30.2 Å². The summed E-state index contributed by atoms with van der Waals surface area (Å²) < 4.78 is 0. The summed E-state index contributed by atoms with van der Waals surface area (Å²) in [6.45, 7) is -0.0469. The first-order chi connectivity index (χ1) is 9.02. The molecule has 1 aliphatic heterocycles. The molecule has 0 spiro atoms. The van der Waals surface area contributed by atoms with Crippen molar-refractivity contribution in [3.8, 4) is 0 Å². The first-order valence-electron chi connectivity index (χ1n) is 5.90. The number of benzene rings is 1. The van der Waals surface area contributed by atoms with E-state index in [1.807, 2.05) is 0 Å². The third-order valence-corrected chi connectivity index (χ3v) is 3.11. The van der Waals surface area contributed by atoms with Crippen molar-refractivity contribution in [3.63, 3.8) is 0 Å². The summed E-state index contributed by atoms with van der Waals surface area (Å²) in [6, 6.07) is 4.58. The number of hydrogen-bond acceptors (Lipinski definition) is 3. The van der Waals surface area contributed by atoms with Crippen LogP contribution in [-0.2, 0) is 16.0 Å². The van der Waals surface area contributed by atoms with Crippen LogP contribution in [0.2, 0.25) is 0 Å². The number of aromatic carboxylic acids is 1. The Balaban J connectivity index is 2.36. The average molecular weight is 262 g/mol. The van der Waals surface area contributed by atoms with Gasteiger partial charge in [-0.25, -0.2) is 4.79 Å². The molecular formula is C13H14N2O4. The van der Waals surface area contributed by atoms with Gasteiger partial charge in [-0.2, -0.15) is 0 Å². The minimum atomic E-state index is -1.00. The molecule has 2 amide bonds. The van der Waals surface area contributed by atoms with Crippen LogP contribution in [0.5, 0.6) is 0 Å². The topological polar surface area (TPSA) is 86.7 Å². The van der Waals surface area contributed by atoms with Crippen molar-refractivity contribution >= 4 is 23.5 Å². The maximum atomic E-state index is 11.9. The smallest absolute Gasteiger partial charge is 0.335 e. The third-order valence-electron chi connectivity index (χ3n) is 3.11. The highest BCUT2D eigenvalue weighted by molar-refractivity contribution is 6.01. The second kappa shape index (κ2) is 5.09. The summed E-state index contributed by atoms with van der Waals surface area (Å²) in [5, 5.41) is 11.4. The Morgan fingerprint density at radius 2 is 2.11 bits per heavy atom. The molecule has 0 saturated carbocycles. The van der Waals surface area contributed by atoms with Crippen molar-refractivity contribution in [2.45, 2.75) is 12.8 Å². The first kappa shape index (κ1) is 13.1. The van der Waals surface area contributed by atoms with Crippen LogP contribution in [0, 0.1) is 0 Å². The Hall–Kier alpha value is -2.37. The van der Waals surface area contributed by atoms with Crippen molar-refractivity contribution in [2.24, 2.45) is 0 Å². The minimum Gasteiger partial charge on any atom is -0.478 e. The van der Waals surface area contributed by atoms with Crippen molar-refractivity contribution in [2.75, 3.05) is 18.5 Å². The predicted molar refractivity (Wildman–Crippen MR) is 68.1 cm³/mol. The minimum absolute atomic E-state index is 0.0469. The molecular weight excluding hydrogens is 248 g/mol. The molecule has 0 unspecified atom stereocenters. The van der Waals surface area contributed by atoms with Crippen LogP contribution in [0.4, 0.5) is 5.69 Å². The summed E-state index contributed by atoms with van der Waals surface area (Å²) >= 11 is 0. The highest BCUT2D eigenvalue weighted by Gasteiger charge is 2.26. The maximum Gasteiger partial charge on any atom is 0.335 e. The molecule has 0 saturated heterocycles. The van der Waals surface area contributed by atoms with Crippen molar-refractivity contribution in [1.82, 2.24) is 5.32 Å². The van der Waals surface area contributed by atoms with E-state index >= 15 is 0 Å². The molecule has 2 N–H and O–H groups in total. The number of carbonyl (C=O) groups excluding carboxylic acids is 2. The number of carbonyl (C=O) groups is 3. The molecule has 6 heteroatoms. The molecule has 0 aromatic heterocycles. The fourth-order valence-corrected chi connectivity index (χ4v) is 2.09. The van der Waals surface area contributed by atoms with Crippen LogP contribution in [-0.4, -0.2) is 36.5 Å². The lowest BCUT2D eigenvalue weighted by Gasteiger charge is -2.28. The number of likely N-dealkylation sites (N-methyl/N-ethyl adjacent to an activating group) is 1. The molecule has 0 aliphatic carbocycles. The Morgan fingerprint density at radius 3 is 2.74 bits per heavy atom. The molecule has 100 valence electrons. The van der Waals surface area contributed by atoms with Gasteiger partial charge in [0.15, 0.2) is 0 Å². The molecule has 1 aliphatic rings. The maximum absolute atomic E-state index is 11.9. The Labute approximate surface area is 110 Å². The van der Waals surface area contributed by atoms with Crippen LogP contribution < -0.4 is 10.2 Å². The summed E-state index contributed by atoms with van der Waals surface area (Å²) in [4.78, 5) is 35.6. The number of aryl methyl sites for hydroxylation is 1. The van der Waals surface area contributed by atoms with E-state index in [1.165, 1.54) is 18.0 Å². The lowest BCUT2D eigenvalue weighted by atomic mass is 9.98. The zero-order valence-corrected chi connectivity index (χ0v) is 10.5. The van der Waals surface area contributed by atoms with Gasteiger partial charge >= 0.3 is 5.97 Å². The quantitative estimate of drug-likeness (QED) is 0.826. The van der Waals surface area contributed by atoms with Gasteiger partial charge in [0.1, 0.15) is 6.54 Å². The molecule has 0 atom stereocenters. The van der Waals surface area contributed by atoms with Crippen LogP contribution in [0.3, 0.4) is 0 Å². The van der Waals surface area contributed by atoms with Crippen LogP contribution in [0.1, 0.15) is 22.3 Å². The van der Waals surface area contributed by atoms with E-state index in [0.29, 0.717) is 12.1 Å². The van der Waals surface area contributed by atoms with Gasteiger partial charge in [0, 0.05) is 19.2 Å². The summed E-state index contributed by atoms with van der Waals surface area (Å²) in [6.07, 6.45) is 0.784. The number of hydrogen-bond donors (Lipinski definition) is 2. The van der Waals surface area contributed by atoms with E-state index in [0.717, 1.165) is 5.56 Å². The zero-order valence-electron chi connectivity index (χ0n) is 10.5. The highest BCUT2D eigenvalue weighted by Crippen LogP contribution is 2.28. The zero-order chi connectivity index (χ0) is 14.0. The van der Waals surface area contributed by atoms with E-state index in [1.54, 1.807) is 12.1 Å². The lowest BCUT2D eigenvalue weighted by Crippen LogP contribution is -2.42. The number of fused-ring (bicyclic) bond motifs is 1. The summed E-state index contributed by atoms with van der Waals surface area (Å²) in [5.41, 5.74) is 1.58. The number of amides is 2. The summed E-state index contributed by atoms with van der Waals surface area (Å²) in [5.74, 6) is -1.39. The monoisotopic (exact) mass is 262 g/mol. The van der Waals surface area contributed by atoms with Crippen molar-refractivity contribution in [3.05, 3.63) is 29.3 Å². The van der Waals surface area contributed by atoms with Gasteiger partial charge in [-0.15, -0.1) is 0 Å². The van der Waals surface area contributed by atoms with Crippen LogP contribution in [0.25, 0.3) is 0 Å². The number of nitrogens with one attached hydrogen (secondary N) is 1.